The minimum absolute atomic E-state index is 0.00219. The van der Waals surface area contributed by atoms with Gasteiger partial charge in [0.2, 0.25) is 10.0 Å². The van der Waals surface area contributed by atoms with Crippen molar-refractivity contribution in [1.29, 1.82) is 0 Å². The van der Waals surface area contributed by atoms with E-state index in [-0.39, 0.29) is 16.9 Å². The molecule has 1 aromatic heterocycles. The van der Waals surface area contributed by atoms with E-state index in [0.29, 0.717) is 5.39 Å². The second-order valence-corrected chi connectivity index (χ2v) is 9.91. The van der Waals surface area contributed by atoms with Crippen LogP contribution in [0.4, 0.5) is 0 Å². The SMILES string of the molecule is CN(C(CO)c1ccc(C(C)(C)C)cc1)S(=O)(=O)c1cccc2cnccc12. The summed E-state index contributed by atoms with van der Waals surface area (Å²) in [5.74, 6) is 0. The molecule has 0 aliphatic heterocycles. The van der Waals surface area contributed by atoms with Crippen molar-refractivity contribution in [2.75, 3.05) is 13.7 Å². The van der Waals surface area contributed by atoms with Crippen molar-refractivity contribution in [2.24, 2.45) is 0 Å². The lowest BCUT2D eigenvalue weighted by atomic mass is 9.86. The maximum atomic E-state index is 13.3. The van der Waals surface area contributed by atoms with Crippen LogP contribution < -0.4 is 0 Å². The van der Waals surface area contributed by atoms with E-state index in [2.05, 4.69) is 25.8 Å². The molecule has 0 amide bonds. The maximum absolute atomic E-state index is 13.3. The Morgan fingerprint density at radius 1 is 1.07 bits per heavy atom. The van der Waals surface area contributed by atoms with Crippen LogP contribution in [0.1, 0.15) is 37.9 Å². The number of benzene rings is 2. The molecule has 5 nitrogen and oxygen atoms in total. The first-order valence-corrected chi connectivity index (χ1v) is 10.6. The van der Waals surface area contributed by atoms with Crippen LogP contribution in [-0.4, -0.2) is 36.5 Å². The third-order valence-corrected chi connectivity index (χ3v) is 7.00. The van der Waals surface area contributed by atoms with Gasteiger partial charge in [0.15, 0.2) is 0 Å². The number of likely N-dealkylation sites (N-methyl/N-ethyl adjacent to an activating group) is 1. The summed E-state index contributed by atoms with van der Waals surface area (Å²) in [6.07, 6.45) is 3.22. The largest absolute Gasteiger partial charge is 0.394 e. The fraction of sp³-hybridized carbons (Fsp3) is 0.318. The fourth-order valence-electron chi connectivity index (χ4n) is 3.28. The van der Waals surface area contributed by atoms with E-state index in [9.17, 15) is 13.5 Å². The van der Waals surface area contributed by atoms with Crippen LogP contribution in [-0.2, 0) is 15.4 Å². The minimum atomic E-state index is -3.82. The monoisotopic (exact) mass is 398 g/mol. The molecule has 0 aliphatic carbocycles. The lowest BCUT2D eigenvalue weighted by Crippen LogP contribution is -2.33. The van der Waals surface area contributed by atoms with Crippen LogP contribution in [0.2, 0.25) is 0 Å². The van der Waals surface area contributed by atoms with E-state index in [4.69, 9.17) is 0 Å². The summed E-state index contributed by atoms with van der Waals surface area (Å²) in [6, 6.07) is 13.9. The summed E-state index contributed by atoms with van der Waals surface area (Å²) in [4.78, 5) is 4.27. The average Bonchev–Trinajstić information content (AvgIpc) is 2.67. The van der Waals surface area contributed by atoms with Crippen molar-refractivity contribution in [3.8, 4) is 0 Å². The van der Waals surface area contributed by atoms with Gasteiger partial charge in [0, 0.05) is 30.2 Å². The van der Waals surface area contributed by atoms with Crippen LogP contribution in [0.25, 0.3) is 10.8 Å². The van der Waals surface area contributed by atoms with Crippen LogP contribution >= 0.6 is 0 Å². The van der Waals surface area contributed by atoms with E-state index in [1.165, 1.54) is 11.4 Å². The molecule has 0 aliphatic rings. The van der Waals surface area contributed by atoms with Gasteiger partial charge in [-0.2, -0.15) is 4.31 Å². The highest BCUT2D eigenvalue weighted by Gasteiger charge is 2.30. The Morgan fingerprint density at radius 3 is 2.36 bits per heavy atom. The molecule has 148 valence electrons. The zero-order valence-electron chi connectivity index (χ0n) is 16.6. The quantitative estimate of drug-likeness (QED) is 0.708. The number of aromatic nitrogens is 1. The van der Waals surface area contributed by atoms with Crippen LogP contribution in [0.15, 0.2) is 65.8 Å². The smallest absolute Gasteiger partial charge is 0.244 e. The molecule has 1 unspecified atom stereocenters. The predicted molar refractivity (Wildman–Crippen MR) is 112 cm³/mol. The summed E-state index contributed by atoms with van der Waals surface area (Å²) in [6.45, 7) is 6.06. The van der Waals surface area contributed by atoms with Gasteiger partial charge in [-0.05, 0) is 28.7 Å². The molecule has 6 heteroatoms. The van der Waals surface area contributed by atoms with Crippen LogP contribution in [0.5, 0.6) is 0 Å². The summed E-state index contributed by atoms with van der Waals surface area (Å²) < 4.78 is 27.9. The molecule has 1 atom stereocenters. The Morgan fingerprint density at radius 2 is 1.75 bits per heavy atom. The van der Waals surface area contributed by atoms with Gasteiger partial charge in [-0.3, -0.25) is 4.98 Å². The highest BCUT2D eigenvalue weighted by atomic mass is 32.2. The minimum Gasteiger partial charge on any atom is -0.394 e. The Balaban J connectivity index is 2.01. The predicted octanol–water partition coefficient (Wildman–Crippen LogP) is 3.89. The van der Waals surface area contributed by atoms with Gasteiger partial charge >= 0.3 is 0 Å². The fourth-order valence-corrected chi connectivity index (χ4v) is 4.82. The molecule has 1 heterocycles. The Kier molecular flexibility index (Phi) is 5.57. The number of hydrogen-bond donors (Lipinski definition) is 1. The lowest BCUT2D eigenvalue weighted by Gasteiger charge is -2.27. The number of aliphatic hydroxyl groups excluding tert-OH is 1. The second kappa shape index (κ2) is 7.62. The van der Waals surface area contributed by atoms with Crippen molar-refractivity contribution in [2.45, 2.75) is 37.1 Å². The molecule has 28 heavy (non-hydrogen) atoms. The standard InChI is InChI=1S/C22H26N2O3S/c1-22(2,3)18-10-8-16(9-11-18)20(15-25)24(4)28(26,27)21-7-5-6-17-14-23-13-12-19(17)21/h5-14,20,25H,15H2,1-4H3. The van der Waals surface area contributed by atoms with Gasteiger partial charge in [-0.15, -0.1) is 0 Å². The number of aliphatic hydroxyl groups is 1. The number of nitrogens with zero attached hydrogens (tertiary/aromatic N) is 2. The maximum Gasteiger partial charge on any atom is 0.244 e. The number of fused-ring (bicyclic) bond motifs is 1. The van der Waals surface area contributed by atoms with Crippen molar-refractivity contribution < 1.29 is 13.5 Å². The molecule has 2 aromatic carbocycles. The summed E-state index contributed by atoms with van der Waals surface area (Å²) in [7, 11) is -2.31. The summed E-state index contributed by atoms with van der Waals surface area (Å²) in [5, 5.41) is 11.4. The van der Waals surface area contributed by atoms with Gasteiger partial charge in [0.1, 0.15) is 0 Å². The van der Waals surface area contributed by atoms with Crippen LogP contribution in [0, 0.1) is 0 Å². The first-order valence-electron chi connectivity index (χ1n) is 9.18. The molecule has 0 saturated carbocycles. The van der Waals surface area contributed by atoms with Crippen molar-refractivity contribution in [3.05, 3.63) is 72.1 Å². The van der Waals surface area contributed by atoms with Crippen molar-refractivity contribution in [3.63, 3.8) is 0 Å². The van der Waals surface area contributed by atoms with Gasteiger partial charge < -0.3 is 5.11 Å². The molecule has 0 saturated heterocycles. The van der Waals surface area contributed by atoms with Gasteiger partial charge in [0.25, 0.3) is 0 Å². The molecule has 0 radical (unpaired) electrons. The van der Waals surface area contributed by atoms with Gasteiger partial charge in [0.05, 0.1) is 17.5 Å². The third kappa shape index (κ3) is 3.81. The van der Waals surface area contributed by atoms with E-state index in [1.807, 2.05) is 30.3 Å². The number of sulfonamides is 1. The highest BCUT2D eigenvalue weighted by Crippen LogP contribution is 2.31. The average molecular weight is 399 g/mol. The first-order chi connectivity index (χ1) is 13.2. The molecular formula is C22H26N2O3S. The Labute approximate surface area is 166 Å². The zero-order chi connectivity index (χ0) is 20.5. The Bertz CT molecular complexity index is 1070. The third-order valence-electron chi connectivity index (χ3n) is 5.07. The van der Waals surface area contributed by atoms with E-state index in [0.717, 1.165) is 16.5 Å². The van der Waals surface area contributed by atoms with E-state index < -0.39 is 16.1 Å². The zero-order valence-corrected chi connectivity index (χ0v) is 17.4. The second-order valence-electron chi connectivity index (χ2n) is 7.94. The molecule has 3 rings (SSSR count). The lowest BCUT2D eigenvalue weighted by molar-refractivity contribution is 0.204. The normalized spacial score (nSPS) is 13.8. The van der Waals surface area contributed by atoms with E-state index in [1.54, 1.807) is 30.6 Å². The van der Waals surface area contributed by atoms with Gasteiger partial charge in [-0.1, -0.05) is 57.2 Å². The van der Waals surface area contributed by atoms with E-state index >= 15 is 0 Å². The molecule has 1 N–H and O–H groups in total. The summed E-state index contributed by atoms with van der Waals surface area (Å²) >= 11 is 0. The topological polar surface area (TPSA) is 70.5 Å². The number of hydrogen-bond acceptors (Lipinski definition) is 4. The molecular weight excluding hydrogens is 372 g/mol. The number of rotatable bonds is 5. The van der Waals surface area contributed by atoms with Gasteiger partial charge in [-0.25, -0.2) is 8.42 Å². The first kappa shape index (κ1) is 20.5. The number of pyridine rings is 1. The van der Waals surface area contributed by atoms with Crippen LogP contribution in [0.3, 0.4) is 0 Å². The molecule has 0 bridgehead atoms. The molecule has 0 spiro atoms. The van der Waals surface area contributed by atoms with Crippen molar-refractivity contribution >= 4 is 20.8 Å². The summed E-state index contributed by atoms with van der Waals surface area (Å²) in [5.41, 5.74) is 1.91. The Hall–Kier alpha value is -2.28. The molecule has 0 fully saturated rings. The highest BCUT2D eigenvalue weighted by molar-refractivity contribution is 7.89. The van der Waals surface area contributed by atoms with Crippen molar-refractivity contribution in [1.82, 2.24) is 9.29 Å². The molecule has 3 aromatic rings.